The minimum Gasteiger partial charge on any atom is -0.393 e. The van der Waals surface area contributed by atoms with Crippen molar-refractivity contribution in [3.8, 4) is 0 Å². The summed E-state index contributed by atoms with van der Waals surface area (Å²) in [7, 11) is 0. The van der Waals surface area contributed by atoms with E-state index in [2.05, 4.69) is 0 Å². The van der Waals surface area contributed by atoms with Crippen molar-refractivity contribution in [3.63, 3.8) is 0 Å². The van der Waals surface area contributed by atoms with Crippen LogP contribution in [0.25, 0.3) is 0 Å². The molecule has 6 nitrogen and oxygen atoms in total. The number of hydrogen-bond acceptors (Lipinski definition) is 6. The molecule has 0 aromatic heterocycles. The van der Waals surface area contributed by atoms with E-state index in [1.165, 1.54) is 6.92 Å². The molecular formula is C10H18O6. The topological polar surface area (TPSA) is 88.4 Å². The second-order valence-electron chi connectivity index (χ2n) is 5.03. The molecule has 0 aliphatic carbocycles. The molecule has 6 heteroatoms. The van der Waals surface area contributed by atoms with Gasteiger partial charge in [-0.1, -0.05) is 0 Å². The van der Waals surface area contributed by atoms with Gasteiger partial charge in [0.05, 0.1) is 6.61 Å². The van der Waals surface area contributed by atoms with E-state index in [9.17, 15) is 10.2 Å². The molecule has 94 valence electrons. The van der Waals surface area contributed by atoms with Crippen molar-refractivity contribution >= 4 is 0 Å². The lowest BCUT2D eigenvalue weighted by atomic mass is 9.95. The molecule has 2 heterocycles. The van der Waals surface area contributed by atoms with Gasteiger partial charge in [0.25, 0.3) is 0 Å². The second-order valence-corrected chi connectivity index (χ2v) is 5.03. The van der Waals surface area contributed by atoms with Crippen molar-refractivity contribution in [3.05, 3.63) is 0 Å². The monoisotopic (exact) mass is 234 g/mol. The lowest BCUT2D eigenvalue weighted by Crippen LogP contribution is -2.50. The summed E-state index contributed by atoms with van der Waals surface area (Å²) in [4.78, 5) is 0. The summed E-state index contributed by atoms with van der Waals surface area (Å²) in [6.07, 6.45) is -3.26. The molecule has 3 N–H and O–H groups in total. The van der Waals surface area contributed by atoms with E-state index in [4.69, 9.17) is 19.3 Å². The van der Waals surface area contributed by atoms with E-state index in [1.807, 2.05) is 0 Å². The van der Waals surface area contributed by atoms with Crippen LogP contribution in [0.1, 0.15) is 20.8 Å². The maximum Gasteiger partial charge on any atom is 0.190 e. The van der Waals surface area contributed by atoms with E-state index < -0.39 is 42.6 Å². The lowest BCUT2D eigenvalue weighted by Gasteiger charge is -2.31. The third-order valence-corrected chi connectivity index (χ3v) is 2.95. The third kappa shape index (κ3) is 1.85. The first-order valence-corrected chi connectivity index (χ1v) is 5.29. The normalized spacial score (nSPS) is 45.4. The molecule has 0 spiro atoms. The fraction of sp³-hybridized carbons (Fsp3) is 1.00. The Kier molecular flexibility index (Phi) is 2.77. The maximum absolute atomic E-state index is 9.96. The number of ether oxygens (including phenoxy) is 3. The van der Waals surface area contributed by atoms with Crippen LogP contribution in [0.5, 0.6) is 0 Å². The largest absolute Gasteiger partial charge is 0.393 e. The lowest BCUT2D eigenvalue weighted by molar-refractivity contribution is -0.241. The molecule has 2 saturated heterocycles. The van der Waals surface area contributed by atoms with Gasteiger partial charge < -0.3 is 29.5 Å². The molecule has 2 aliphatic heterocycles. The van der Waals surface area contributed by atoms with Crippen molar-refractivity contribution in [2.24, 2.45) is 0 Å². The van der Waals surface area contributed by atoms with Gasteiger partial charge in [-0.15, -0.1) is 0 Å². The van der Waals surface area contributed by atoms with Crippen LogP contribution in [0.15, 0.2) is 0 Å². The zero-order valence-electron chi connectivity index (χ0n) is 9.58. The van der Waals surface area contributed by atoms with Crippen molar-refractivity contribution in [2.45, 2.75) is 56.8 Å². The second kappa shape index (κ2) is 3.63. The van der Waals surface area contributed by atoms with Gasteiger partial charge >= 0.3 is 0 Å². The van der Waals surface area contributed by atoms with Crippen LogP contribution >= 0.6 is 0 Å². The predicted molar refractivity (Wildman–Crippen MR) is 52.4 cm³/mol. The summed E-state index contributed by atoms with van der Waals surface area (Å²) >= 11 is 0. The smallest absolute Gasteiger partial charge is 0.190 e. The molecule has 0 bridgehead atoms. The summed E-state index contributed by atoms with van der Waals surface area (Å²) in [5.41, 5.74) is -1.51. The third-order valence-electron chi connectivity index (χ3n) is 2.95. The Morgan fingerprint density at radius 2 is 1.94 bits per heavy atom. The minimum absolute atomic E-state index is 0.502. The van der Waals surface area contributed by atoms with E-state index in [1.54, 1.807) is 13.8 Å². The first-order valence-electron chi connectivity index (χ1n) is 5.29. The molecule has 2 aliphatic rings. The fourth-order valence-corrected chi connectivity index (χ4v) is 2.10. The molecule has 0 amide bonds. The Hall–Kier alpha value is -0.240. The SMILES string of the molecule is CC1(C)O[C@H]2OC([C@@](C)(O)CO)[C@@H](O)[C@H]2O1. The van der Waals surface area contributed by atoms with E-state index in [0.29, 0.717) is 0 Å². The summed E-state index contributed by atoms with van der Waals surface area (Å²) in [6.45, 7) is 4.34. The highest BCUT2D eigenvalue weighted by atomic mass is 16.8. The van der Waals surface area contributed by atoms with Crippen LogP contribution in [0.4, 0.5) is 0 Å². The molecule has 0 aromatic carbocycles. The van der Waals surface area contributed by atoms with Gasteiger partial charge in [-0.25, -0.2) is 0 Å². The number of hydrogen-bond donors (Lipinski definition) is 3. The summed E-state index contributed by atoms with van der Waals surface area (Å²) in [5.74, 6) is -0.799. The molecular weight excluding hydrogens is 216 g/mol. The first kappa shape index (κ1) is 12.2. The minimum atomic E-state index is -1.51. The van der Waals surface area contributed by atoms with Gasteiger partial charge in [-0.3, -0.25) is 0 Å². The van der Waals surface area contributed by atoms with E-state index in [-0.39, 0.29) is 0 Å². The van der Waals surface area contributed by atoms with Gasteiger partial charge in [0.1, 0.15) is 23.9 Å². The quantitative estimate of drug-likeness (QED) is 0.566. The average Bonchev–Trinajstić information content (AvgIpc) is 2.62. The standard InChI is InChI=1S/C10H18O6/c1-9(2)15-6-5(12)7(10(3,13)4-11)14-8(6)16-9/h5-8,11-13H,4H2,1-3H3/t5-,6+,7?,8+,10-/m0/s1. The van der Waals surface area contributed by atoms with Gasteiger partial charge in [0, 0.05) is 0 Å². The van der Waals surface area contributed by atoms with E-state index >= 15 is 0 Å². The zero-order chi connectivity index (χ0) is 12.1. The Morgan fingerprint density at radius 1 is 1.31 bits per heavy atom. The van der Waals surface area contributed by atoms with Gasteiger partial charge in [-0.05, 0) is 20.8 Å². The Morgan fingerprint density at radius 3 is 2.44 bits per heavy atom. The van der Waals surface area contributed by atoms with Crippen molar-refractivity contribution < 1.29 is 29.5 Å². The highest BCUT2D eigenvalue weighted by Crippen LogP contribution is 2.40. The molecule has 0 radical (unpaired) electrons. The van der Waals surface area contributed by atoms with Crippen molar-refractivity contribution in [2.75, 3.05) is 6.61 Å². The van der Waals surface area contributed by atoms with Crippen LogP contribution in [-0.2, 0) is 14.2 Å². The molecule has 16 heavy (non-hydrogen) atoms. The summed E-state index contributed by atoms with van der Waals surface area (Å²) in [6, 6.07) is 0. The van der Waals surface area contributed by atoms with Crippen molar-refractivity contribution in [1.29, 1.82) is 0 Å². The molecule has 1 unspecified atom stereocenters. The summed E-state index contributed by atoms with van der Waals surface area (Å²) in [5, 5.41) is 28.8. The van der Waals surface area contributed by atoms with Crippen LogP contribution in [0.3, 0.4) is 0 Å². The fourth-order valence-electron chi connectivity index (χ4n) is 2.10. The number of fused-ring (bicyclic) bond motifs is 1. The molecule has 2 rings (SSSR count). The van der Waals surface area contributed by atoms with Crippen LogP contribution in [0, 0.1) is 0 Å². The maximum atomic E-state index is 9.96. The van der Waals surface area contributed by atoms with Crippen molar-refractivity contribution in [1.82, 2.24) is 0 Å². The zero-order valence-corrected chi connectivity index (χ0v) is 9.58. The van der Waals surface area contributed by atoms with Gasteiger partial charge in [0.2, 0.25) is 0 Å². The van der Waals surface area contributed by atoms with Crippen LogP contribution < -0.4 is 0 Å². The van der Waals surface area contributed by atoms with E-state index in [0.717, 1.165) is 0 Å². The van der Waals surface area contributed by atoms with Crippen LogP contribution in [-0.4, -0.2) is 57.9 Å². The Bertz CT molecular complexity index is 276. The number of aliphatic hydroxyl groups is 3. The Labute approximate surface area is 93.7 Å². The van der Waals surface area contributed by atoms with Gasteiger partial charge in [-0.2, -0.15) is 0 Å². The molecule has 5 atom stereocenters. The number of aliphatic hydroxyl groups excluding tert-OH is 2. The Balaban J connectivity index is 2.11. The highest BCUT2D eigenvalue weighted by Gasteiger charge is 2.58. The molecule has 0 aromatic rings. The van der Waals surface area contributed by atoms with Crippen LogP contribution in [0.2, 0.25) is 0 Å². The molecule has 0 saturated carbocycles. The summed E-state index contributed by atoms with van der Waals surface area (Å²) < 4.78 is 16.3. The molecule has 2 fully saturated rings. The predicted octanol–water partition coefficient (Wildman–Crippen LogP) is -1.03. The van der Waals surface area contributed by atoms with Gasteiger partial charge in [0.15, 0.2) is 12.1 Å². The average molecular weight is 234 g/mol. The highest BCUT2D eigenvalue weighted by molar-refractivity contribution is 5.00. The first-order chi connectivity index (χ1) is 7.27. The number of rotatable bonds is 2.